The molecule has 0 unspecified atom stereocenters. The third-order valence-corrected chi connectivity index (χ3v) is 2.29. The zero-order valence-electron chi connectivity index (χ0n) is 9.86. The van der Waals surface area contributed by atoms with Crippen LogP contribution in [0.4, 0.5) is 0 Å². The van der Waals surface area contributed by atoms with Crippen molar-refractivity contribution < 1.29 is 4.84 Å². The normalized spacial score (nSPS) is 11.4. The van der Waals surface area contributed by atoms with Crippen LogP contribution in [-0.4, -0.2) is 5.84 Å². The molecule has 1 rings (SSSR count). The van der Waals surface area contributed by atoms with Crippen molar-refractivity contribution in [3.63, 3.8) is 0 Å². The SMILES string of the molecule is CCCCC/C(N)=N/OCc1ccccc1. The molecular weight excluding hydrogens is 200 g/mol. The van der Waals surface area contributed by atoms with Gasteiger partial charge in [0.15, 0.2) is 0 Å². The highest BCUT2D eigenvalue weighted by Gasteiger charge is 1.94. The van der Waals surface area contributed by atoms with Crippen LogP contribution in [0.2, 0.25) is 0 Å². The lowest BCUT2D eigenvalue weighted by atomic mass is 10.2. The minimum atomic E-state index is 0.481. The highest BCUT2D eigenvalue weighted by atomic mass is 16.6. The van der Waals surface area contributed by atoms with Crippen LogP contribution in [0, 0.1) is 0 Å². The van der Waals surface area contributed by atoms with Gasteiger partial charge in [0.25, 0.3) is 0 Å². The number of benzene rings is 1. The fraction of sp³-hybridized carbons (Fsp3) is 0.462. The second-order valence-electron chi connectivity index (χ2n) is 3.80. The molecule has 0 saturated carbocycles. The smallest absolute Gasteiger partial charge is 0.142 e. The summed E-state index contributed by atoms with van der Waals surface area (Å²) < 4.78 is 0. The van der Waals surface area contributed by atoms with E-state index in [0.717, 1.165) is 18.4 Å². The lowest BCUT2D eigenvalue weighted by Crippen LogP contribution is -2.11. The van der Waals surface area contributed by atoms with E-state index in [4.69, 9.17) is 10.6 Å². The topological polar surface area (TPSA) is 47.6 Å². The third-order valence-electron chi connectivity index (χ3n) is 2.29. The first-order valence-corrected chi connectivity index (χ1v) is 5.81. The summed E-state index contributed by atoms with van der Waals surface area (Å²) in [6.45, 7) is 2.65. The average molecular weight is 220 g/mol. The number of oxime groups is 1. The summed E-state index contributed by atoms with van der Waals surface area (Å²) in [7, 11) is 0. The van der Waals surface area contributed by atoms with Crippen molar-refractivity contribution in [3.05, 3.63) is 35.9 Å². The molecule has 0 bridgehead atoms. The van der Waals surface area contributed by atoms with Crippen LogP contribution in [0.25, 0.3) is 0 Å². The molecule has 16 heavy (non-hydrogen) atoms. The molecule has 0 aliphatic rings. The van der Waals surface area contributed by atoms with Gasteiger partial charge in [-0.15, -0.1) is 0 Å². The molecule has 0 radical (unpaired) electrons. The highest BCUT2D eigenvalue weighted by Crippen LogP contribution is 2.02. The van der Waals surface area contributed by atoms with E-state index < -0.39 is 0 Å². The van der Waals surface area contributed by atoms with Gasteiger partial charge in [-0.2, -0.15) is 0 Å². The van der Waals surface area contributed by atoms with E-state index in [1.807, 2.05) is 30.3 Å². The molecule has 2 N–H and O–H groups in total. The van der Waals surface area contributed by atoms with Crippen molar-refractivity contribution in [1.29, 1.82) is 0 Å². The quantitative estimate of drug-likeness (QED) is 0.332. The number of rotatable bonds is 7. The van der Waals surface area contributed by atoms with E-state index in [0.29, 0.717) is 12.4 Å². The largest absolute Gasteiger partial charge is 0.390 e. The zero-order valence-corrected chi connectivity index (χ0v) is 9.86. The Morgan fingerprint density at radius 3 is 2.69 bits per heavy atom. The number of amidine groups is 1. The van der Waals surface area contributed by atoms with Gasteiger partial charge in [-0.1, -0.05) is 55.3 Å². The van der Waals surface area contributed by atoms with E-state index in [1.54, 1.807) is 0 Å². The minimum Gasteiger partial charge on any atom is -0.390 e. The fourth-order valence-electron chi connectivity index (χ4n) is 1.37. The molecule has 0 amide bonds. The van der Waals surface area contributed by atoms with Gasteiger partial charge < -0.3 is 10.6 Å². The van der Waals surface area contributed by atoms with Gasteiger partial charge in [0.1, 0.15) is 12.4 Å². The Kier molecular flexibility index (Phi) is 6.07. The minimum absolute atomic E-state index is 0.481. The standard InChI is InChI=1S/C13H20N2O/c1-2-3-5-10-13(14)15-16-11-12-8-6-4-7-9-12/h4,6-9H,2-3,5,10-11H2,1H3,(H2,14,15). The summed E-state index contributed by atoms with van der Waals surface area (Å²) in [5.74, 6) is 0.587. The Morgan fingerprint density at radius 2 is 2.00 bits per heavy atom. The number of hydrogen-bond donors (Lipinski definition) is 1. The van der Waals surface area contributed by atoms with E-state index in [9.17, 15) is 0 Å². The summed E-state index contributed by atoms with van der Waals surface area (Å²) in [6.07, 6.45) is 4.29. The monoisotopic (exact) mass is 220 g/mol. The van der Waals surface area contributed by atoms with Crippen LogP contribution >= 0.6 is 0 Å². The van der Waals surface area contributed by atoms with Crippen LogP contribution in [-0.2, 0) is 11.4 Å². The molecule has 3 nitrogen and oxygen atoms in total. The molecule has 0 atom stereocenters. The molecule has 0 aromatic heterocycles. The van der Waals surface area contributed by atoms with Crippen molar-refractivity contribution in [1.82, 2.24) is 0 Å². The van der Waals surface area contributed by atoms with E-state index in [1.165, 1.54) is 12.8 Å². The highest BCUT2D eigenvalue weighted by molar-refractivity contribution is 5.79. The van der Waals surface area contributed by atoms with Crippen molar-refractivity contribution in [2.24, 2.45) is 10.9 Å². The Bertz CT molecular complexity index is 309. The number of nitrogens with zero attached hydrogens (tertiary/aromatic N) is 1. The molecular formula is C13H20N2O. The van der Waals surface area contributed by atoms with Crippen LogP contribution in [0.15, 0.2) is 35.5 Å². The molecule has 0 saturated heterocycles. The number of nitrogens with two attached hydrogens (primary N) is 1. The maximum absolute atomic E-state index is 5.70. The Labute approximate surface area is 97.3 Å². The predicted molar refractivity (Wildman–Crippen MR) is 67.0 cm³/mol. The Morgan fingerprint density at radius 1 is 1.25 bits per heavy atom. The van der Waals surface area contributed by atoms with Gasteiger partial charge in [-0.05, 0) is 12.0 Å². The molecule has 0 aliphatic carbocycles. The first-order valence-electron chi connectivity index (χ1n) is 5.81. The number of hydrogen-bond acceptors (Lipinski definition) is 2. The first-order chi connectivity index (χ1) is 7.83. The van der Waals surface area contributed by atoms with Crippen LogP contribution in [0.5, 0.6) is 0 Å². The molecule has 0 heterocycles. The molecule has 0 fully saturated rings. The maximum atomic E-state index is 5.70. The van der Waals surface area contributed by atoms with Crippen LogP contribution in [0.3, 0.4) is 0 Å². The molecule has 0 aliphatic heterocycles. The Balaban J connectivity index is 2.20. The Hall–Kier alpha value is -1.51. The summed E-state index contributed by atoms with van der Waals surface area (Å²) in [5, 5.41) is 3.89. The third kappa shape index (κ3) is 5.39. The van der Waals surface area contributed by atoms with Crippen molar-refractivity contribution in [2.45, 2.75) is 39.2 Å². The average Bonchev–Trinajstić information content (AvgIpc) is 2.31. The van der Waals surface area contributed by atoms with Gasteiger partial charge >= 0.3 is 0 Å². The van der Waals surface area contributed by atoms with Gasteiger partial charge in [0, 0.05) is 6.42 Å². The summed E-state index contributed by atoms with van der Waals surface area (Å²) in [4.78, 5) is 5.18. The summed E-state index contributed by atoms with van der Waals surface area (Å²) >= 11 is 0. The molecule has 3 heteroatoms. The van der Waals surface area contributed by atoms with Crippen molar-refractivity contribution >= 4 is 5.84 Å². The van der Waals surface area contributed by atoms with E-state index in [-0.39, 0.29) is 0 Å². The van der Waals surface area contributed by atoms with Gasteiger partial charge in [0.2, 0.25) is 0 Å². The summed E-state index contributed by atoms with van der Waals surface area (Å²) in [6, 6.07) is 9.94. The summed E-state index contributed by atoms with van der Waals surface area (Å²) in [5.41, 5.74) is 6.81. The first kappa shape index (κ1) is 12.6. The second-order valence-corrected chi connectivity index (χ2v) is 3.80. The maximum Gasteiger partial charge on any atom is 0.142 e. The fourth-order valence-corrected chi connectivity index (χ4v) is 1.37. The van der Waals surface area contributed by atoms with Crippen LogP contribution in [0.1, 0.15) is 38.2 Å². The number of unbranched alkanes of at least 4 members (excludes halogenated alkanes) is 2. The molecule has 1 aromatic rings. The van der Waals surface area contributed by atoms with Gasteiger partial charge in [0.05, 0.1) is 0 Å². The molecule has 0 spiro atoms. The zero-order chi connectivity index (χ0) is 11.6. The molecule has 88 valence electrons. The molecule has 1 aromatic carbocycles. The van der Waals surface area contributed by atoms with Crippen LogP contribution < -0.4 is 5.73 Å². The van der Waals surface area contributed by atoms with E-state index >= 15 is 0 Å². The van der Waals surface area contributed by atoms with E-state index in [2.05, 4.69) is 12.1 Å². The van der Waals surface area contributed by atoms with Gasteiger partial charge in [-0.25, -0.2) is 0 Å². The van der Waals surface area contributed by atoms with Gasteiger partial charge in [-0.3, -0.25) is 0 Å². The lowest BCUT2D eigenvalue weighted by Gasteiger charge is -2.02. The second kappa shape index (κ2) is 7.74. The lowest BCUT2D eigenvalue weighted by molar-refractivity contribution is 0.129. The van der Waals surface area contributed by atoms with Crippen molar-refractivity contribution in [3.8, 4) is 0 Å². The predicted octanol–water partition coefficient (Wildman–Crippen LogP) is 3.06. The van der Waals surface area contributed by atoms with Crippen molar-refractivity contribution in [2.75, 3.05) is 0 Å².